The van der Waals surface area contributed by atoms with E-state index in [2.05, 4.69) is 15.9 Å². The quantitative estimate of drug-likeness (QED) is 0.795. The highest BCUT2D eigenvalue weighted by molar-refractivity contribution is 9.08. The largest absolute Gasteiger partial charge is 0.519 e. The monoisotopic (exact) mass is 288 g/mol. The van der Waals surface area contributed by atoms with Gasteiger partial charge in [-0.15, -0.1) is 0 Å². The predicted octanol–water partition coefficient (Wildman–Crippen LogP) is 3.45. The van der Waals surface area contributed by atoms with E-state index in [4.69, 9.17) is 20.4 Å². The van der Waals surface area contributed by atoms with Crippen molar-refractivity contribution in [3.8, 4) is 11.3 Å². The van der Waals surface area contributed by atoms with E-state index in [1.165, 1.54) is 0 Å². The second-order valence-corrected chi connectivity index (χ2v) is 3.84. The zero-order valence-corrected chi connectivity index (χ0v) is 9.84. The van der Waals surface area contributed by atoms with Gasteiger partial charge in [0.05, 0.1) is 5.33 Å². The van der Waals surface area contributed by atoms with Gasteiger partial charge in [0, 0.05) is 10.6 Å². The topological polar surface area (TPSA) is 43.4 Å². The van der Waals surface area contributed by atoms with E-state index in [9.17, 15) is 4.79 Å². The molecule has 0 fully saturated rings. The molecule has 0 aliphatic carbocycles. The molecule has 0 spiro atoms. The van der Waals surface area contributed by atoms with Gasteiger partial charge in [-0.05, 0) is 24.3 Å². The zero-order chi connectivity index (χ0) is 10.8. The van der Waals surface area contributed by atoms with Crippen LogP contribution in [0.1, 0.15) is 5.76 Å². The van der Waals surface area contributed by atoms with Crippen molar-refractivity contribution in [2.24, 2.45) is 0 Å². The summed E-state index contributed by atoms with van der Waals surface area (Å²) in [5.74, 6) is 0.213. The van der Waals surface area contributed by atoms with Gasteiger partial charge < -0.3 is 8.83 Å². The average Bonchev–Trinajstić information content (AvgIpc) is 2.61. The summed E-state index contributed by atoms with van der Waals surface area (Å²) in [6.45, 7) is 0. The van der Waals surface area contributed by atoms with Crippen LogP contribution in [0.2, 0.25) is 5.02 Å². The van der Waals surface area contributed by atoms with Crippen LogP contribution in [0.15, 0.2) is 37.9 Å². The molecule has 0 aliphatic heterocycles. The number of alkyl halides is 1. The molecule has 0 aliphatic rings. The number of rotatable bonds is 2. The lowest BCUT2D eigenvalue weighted by molar-refractivity contribution is 0.381. The molecule has 0 N–H and O–H groups in total. The van der Waals surface area contributed by atoms with Crippen molar-refractivity contribution in [3.05, 3.63) is 45.7 Å². The molecule has 3 nitrogen and oxygen atoms in total. The van der Waals surface area contributed by atoms with Gasteiger partial charge in [-0.2, -0.15) is 0 Å². The summed E-state index contributed by atoms with van der Waals surface area (Å²) in [7, 11) is 0. The number of hydrogen-bond donors (Lipinski definition) is 0. The molecule has 0 radical (unpaired) electrons. The van der Waals surface area contributed by atoms with E-state index in [-0.39, 0.29) is 0 Å². The molecule has 1 aromatic heterocycles. The van der Waals surface area contributed by atoms with Crippen LogP contribution in [0.4, 0.5) is 0 Å². The highest BCUT2D eigenvalue weighted by Crippen LogP contribution is 2.25. The van der Waals surface area contributed by atoms with Gasteiger partial charge in [0.2, 0.25) is 0 Å². The first-order valence-electron chi connectivity index (χ1n) is 4.15. The third kappa shape index (κ3) is 2.16. The Labute approximate surface area is 98.8 Å². The minimum Gasteiger partial charge on any atom is -0.394 e. The number of hydrogen-bond acceptors (Lipinski definition) is 3. The minimum absolute atomic E-state index is 0.427. The van der Waals surface area contributed by atoms with Gasteiger partial charge in [0.25, 0.3) is 0 Å². The van der Waals surface area contributed by atoms with Crippen molar-refractivity contribution in [2.75, 3.05) is 0 Å². The van der Waals surface area contributed by atoms with E-state index >= 15 is 0 Å². The van der Waals surface area contributed by atoms with Crippen LogP contribution in [-0.2, 0) is 5.33 Å². The Balaban J connectivity index is 2.53. The Hall–Kier alpha value is -1.00. The first-order chi connectivity index (χ1) is 7.20. The van der Waals surface area contributed by atoms with Crippen molar-refractivity contribution in [1.82, 2.24) is 0 Å². The van der Waals surface area contributed by atoms with Crippen LogP contribution in [0.3, 0.4) is 0 Å². The molecular formula is C10H6BrClO3. The normalized spacial score (nSPS) is 10.5. The van der Waals surface area contributed by atoms with Crippen LogP contribution in [0, 0.1) is 0 Å². The maximum atomic E-state index is 10.9. The molecule has 0 bridgehead atoms. The van der Waals surface area contributed by atoms with E-state index in [1.807, 2.05) is 0 Å². The second kappa shape index (κ2) is 4.24. The molecule has 0 amide bonds. The number of benzene rings is 1. The van der Waals surface area contributed by atoms with Gasteiger partial charge >= 0.3 is 5.82 Å². The van der Waals surface area contributed by atoms with E-state index in [0.717, 1.165) is 5.56 Å². The van der Waals surface area contributed by atoms with E-state index in [0.29, 0.717) is 21.9 Å². The summed E-state index contributed by atoms with van der Waals surface area (Å²) >= 11 is 8.97. The van der Waals surface area contributed by atoms with Gasteiger partial charge in [-0.1, -0.05) is 27.5 Å². The molecule has 15 heavy (non-hydrogen) atoms. The lowest BCUT2D eigenvalue weighted by atomic mass is 10.1. The Bertz CT molecular complexity index is 512. The lowest BCUT2D eigenvalue weighted by Crippen LogP contribution is -1.85. The molecule has 1 aromatic carbocycles. The fourth-order valence-corrected chi connectivity index (χ4v) is 1.71. The van der Waals surface area contributed by atoms with E-state index in [1.54, 1.807) is 24.3 Å². The molecule has 2 rings (SSSR count). The SMILES string of the molecule is O=c1oc(CBr)c(-c2ccc(Cl)cc2)o1. The molecule has 78 valence electrons. The first kappa shape index (κ1) is 10.5. The molecule has 0 atom stereocenters. The third-order valence-corrected chi connectivity index (χ3v) is 2.63. The van der Waals surface area contributed by atoms with Crippen molar-refractivity contribution >= 4 is 27.5 Å². The zero-order valence-electron chi connectivity index (χ0n) is 7.50. The van der Waals surface area contributed by atoms with Crippen molar-refractivity contribution in [3.63, 3.8) is 0 Å². The second-order valence-electron chi connectivity index (χ2n) is 2.85. The summed E-state index contributed by atoms with van der Waals surface area (Å²) in [6.07, 6.45) is 0. The molecule has 1 heterocycles. The first-order valence-corrected chi connectivity index (χ1v) is 5.65. The van der Waals surface area contributed by atoms with Gasteiger partial charge in [-0.3, -0.25) is 0 Å². The van der Waals surface area contributed by atoms with Crippen molar-refractivity contribution in [2.45, 2.75) is 5.33 Å². The van der Waals surface area contributed by atoms with Gasteiger partial charge in [-0.25, -0.2) is 4.79 Å². The van der Waals surface area contributed by atoms with Crippen LogP contribution in [0.25, 0.3) is 11.3 Å². The summed E-state index contributed by atoms with van der Waals surface area (Å²) in [6, 6.07) is 6.98. The smallest absolute Gasteiger partial charge is 0.394 e. The summed E-state index contributed by atoms with van der Waals surface area (Å²) < 4.78 is 9.78. The maximum absolute atomic E-state index is 10.9. The lowest BCUT2D eigenvalue weighted by Gasteiger charge is -1.96. The molecule has 2 aromatic rings. The average molecular weight is 290 g/mol. The minimum atomic E-state index is -0.700. The Morgan fingerprint density at radius 1 is 1.20 bits per heavy atom. The Kier molecular flexibility index (Phi) is 2.98. The molecular weight excluding hydrogens is 283 g/mol. The van der Waals surface area contributed by atoms with Crippen molar-refractivity contribution in [1.29, 1.82) is 0 Å². The van der Waals surface area contributed by atoms with Crippen LogP contribution < -0.4 is 5.82 Å². The Morgan fingerprint density at radius 2 is 1.87 bits per heavy atom. The standard InChI is InChI=1S/C10H6BrClO3/c11-5-8-9(15-10(13)14-8)6-1-3-7(12)4-2-6/h1-4H,5H2. The van der Waals surface area contributed by atoms with Crippen LogP contribution >= 0.6 is 27.5 Å². The summed E-state index contributed by atoms with van der Waals surface area (Å²) in [5, 5.41) is 1.06. The maximum Gasteiger partial charge on any atom is 0.519 e. The highest BCUT2D eigenvalue weighted by atomic mass is 79.9. The van der Waals surface area contributed by atoms with Crippen LogP contribution in [-0.4, -0.2) is 0 Å². The molecule has 0 saturated carbocycles. The third-order valence-electron chi connectivity index (χ3n) is 1.87. The Morgan fingerprint density at radius 3 is 2.47 bits per heavy atom. The fraction of sp³-hybridized carbons (Fsp3) is 0.100. The van der Waals surface area contributed by atoms with Gasteiger partial charge in [0.15, 0.2) is 11.5 Å². The predicted molar refractivity (Wildman–Crippen MR) is 60.3 cm³/mol. The summed E-state index contributed by atoms with van der Waals surface area (Å²) in [5.41, 5.74) is 0.764. The van der Waals surface area contributed by atoms with E-state index < -0.39 is 5.82 Å². The number of halogens is 2. The molecule has 0 saturated heterocycles. The fourth-order valence-electron chi connectivity index (χ4n) is 1.22. The molecule has 5 heteroatoms. The summed E-state index contributed by atoms with van der Waals surface area (Å²) in [4.78, 5) is 10.9. The molecule has 0 unspecified atom stereocenters. The van der Waals surface area contributed by atoms with Crippen LogP contribution in [0.5, 0.6) is 0 Å². The highest BCUT2D eigenvalue weighted by Gasteiger charge is 2.13. The van der Waals surface area contributed by atoms with Crippen molar-refractivity contribution < 1.29 is 8.83 Å². The van der Waals surface area contributed by atoms with Gasteiger partial charge in [0.1, 0.15) is 0 Å².